The summed E-state index contributed by atoms with van der Waals surface area (Å²) in [5, 5.41) is 5.90. The number of aryl methyl sites for hydroxylation is 2. The van der Waals surface area contributed by atoms with Gasteiger partial charge in [0.05, 0.1) is 6.54 Å². The van der Waals surface area contributed by atoms with E-state index in [1.165, 1.54) is 0 Å². The van der Waals surface area contributed by atoms with E-state index in [2.05, 4.69) is 15.5 Å². The highest BCUT2D eigenvalue weighted by atomic mass is 16.2. The normalized spacial score (nSPS) is 15.2. The number of hydrogen-bond donors (Lipinski definition) is 2. The Morgan fingerprint density at radius 2 is 1.53 bits per heavy atom. The predicted octanol–water partition coefficient (Wildman–Crippen LogP) is 2.59. The van der Waals surface area contributed by atoms with Crippen LogP contribution < -0.4 is 10.6 Å². The lowest BCUT2D eigenvalue weighted by Crippen LogP contribution is -2.51. The number of hydrogen-bond acceptors (Lipinski definition) is 4. The van der Waals surface area contributed by atoms with Gasteiger partial charge >= 0.3 is 0 Å². The topological polar surface area (TPSA) is 81.8 Å². The number of carbonyl (C=O) groups excluding carboxylic acids is 3. The standard InChI is InChI=1S/C25H32N4O3/c1-18-8-7-9-19(2)24(18)27-22(30)17-28-12-14-29(15-13-28)23(31)16-20(3)26-25(32)21-10-5-4-6-11-21/h4-11,20H,12-17H2,1-3H3,(H,26,32)(H,27,30)/t20-/m0/s1. The van der Waals surface area contributed by atoms with Gasteiger partial charge in [0.25, 0.3) is 5.91 Å². The summed E-state index contributed by atoms with van der Waals surface area (Å²) >= 11 is 0. The summed E-state index contributed by atoms with van der Waals surface area (Å²) in [6.45, 7) is 8.57. The minimum atomic E-state index is -0.253. The first kappa shape index (κ1) is 23.5. The molecule has 0 spiro atoms. The molecule has 0 radical (unpaired) electrons. The number of amides is 3. The molecule has 7 heteroatoms. The van der Waals surface area contributed by atoms with E-state index in [0.717, 1.165) is 16.8 Å². The lowest BCUT2D eigenvalue weighted by atomic mass is 10.1. The maximum atomic E-state index is 12.6. The van der Waals surface area contributed by atoms with E-state index in [9.17, 15) is 14.4 Å². The van der Waals surface area contributed by atoms with Crippen LogP contribution in [0.4, 0.5) is 5.69 Å². The molecule has 2 N–H and O–H groups in total. The van der Waals surface area contributed by atoms with Crippen LogP contribution in [0.3, 0.4) is 0 Å². The number of nitrogens with one attached hydrogen (secondary N) is 2. The van der Waals surface area contributed by atoms with Crippen LogP contribution in [0.5, 0.6) is 0 Å². The molecule has 0 aliphatic carbocycles. The zero-order valence-electron chi connectivity index (χ0n) is 19.1. The largest absolute Gasteiger partial charge is 0.349 e. The minimum Gasteiger partial charge on any atom is -0.349 e. The van der Waals surface area contributed by atoms with Crippen LogP contribution in [-0.4, -0.2) is 66.3 Å². The van der Waals surface area contributed by atoms with Crippen LogP contribution in [0.15, 0.2) is 48.5 Å². The molecule has 0 bridgehead atoms. The van der Waals surface area contributed by atoms with Gasteiger partial charge in [0.15, 0.2) is 0 Å². The van der Waals surface area contributed by atoms with Gasteiger partial charge in [0.2, 0.25) is 11.8 Å². The second-order valence-electron chi connectivity index (χ2n) is 8.42. The van der Waals surface area contributed by atoms with Gasteiger partial charge in [-0.25, -0.2) is 0 Å². The lowest BCUT2D eigenvalue weighted by Gasteiger charge is -2.35. The molecule has 32 heavy (non-hydrogen) atoms. The smallest absolute Gasteiger partial charge is 0.251 e. The Morgan fingerprint density at radius 1 is 0.906 bits per heavy atom. The molecule has 7 nitrogen and oxygen atoms in total. The van der Waals surface area contributed by atoms with Gasteiger partial charge in [-0.1, -0.05) is 36.4 Å². The Hall–Kier alpha value is -3.19. The Labute approximate surface area is 189 Å². The predicted molar refractivity (Wildman–Crippen MR) is 126 cm³/mol. The first-order chi connectivity index (χ1) is 15.3. The van der Waals surface area contributed by atoms with Crippen LogP contribution in [-0.2, 0) is 9.59 Å². The highest BCUT2D eigenvalue weighted by Crippen LogP contribution is 2.19. The highest BCUT2D eigenvalue weighted by Gasteiger charge is 2.24. The van der Waals surface area contributed by atoms with Crippen LogP contribution in [0.1, 0.15) is 34.8 Å². The van der Waals surface area contributed by atoms with E-state index in [4.69, 9.17) is 0 Å². The fraction of sp³-hybridized carbons (Fsp3) is 0.400. The summed E-state index contributed by atoms with van der Waals surface area (Å²) in [6, 6.07) is 14.7. The maximum absolute atomic E-state index is 12.6. The third-order valence-corrected chi connectivity index (χ3v) is 5.73. The average Bonchev–Trinajstić information content (AvgIpc) is 2.77. The fourth-order valence-corrected chi connectivity index (χ4v) is 3.89. The molecule has 1 saturated heterocycles. The number of rotatable bonds is 7. The van der Waals surface area contributed by atoms with E-state index in [1.54, 1.807) is 12.1 Å². The summed E-state index contributed by atoms with van der Waals surface area (Å²) in [5.41, 5.74) is 3.54. The van der Waals surface area contributed by atoms with Crippen molar-refractivity contribution in [3.05, 3.63) is 65.2 Å². The first-order valence-electron chi connectivity index (χ1n) is 11.1. The lowest BCUT2D eigenvalue weighted by molar-refractivity contribution is -0.133. The van der Waals surface area contributed by atoms with Gasteiger partial charge in [0.1, 0.15) is 0 Å². The van der Waals surface area contributed by atoms with Crippen molar-refractivity contribution in [1.82, 2.24) is 15.1 Å². The van der Waals surface area contributed by atoms with Crippen molar-refractivity contribution in [2.75, 3.05) is 38.0 Å². The van der Waals surface area contributed by atoms with Crippen molar-refractivity contribution in [2.24, 2.45) is 0 Å². The second-order valence-corrected chi connectivity index (χ2v) is 8.42. The molecule has 2 aromatic carbocycles. The summed E-state index contributed by atoms with van der Waals surface area (Å²) in [7, 11) is 0. The van der Waals surface area contributed by atoms with E-state index in [0.29, 0.717) is 38.3 Å². The quantitative estimate of drug-likeness (QED) is 0.699. The van der Waals surface area contributed by atoms with E-state index < -0.39 is 0 Å². The zero-order chi connectivity index (χ0) is 23.1. The summed E-state index contributed by atoms with van der Waals surface area (Å²) in [4.78, 5) is 41.3. The molecule has 0 unspecified atom stereocenters. The van der Waals surface area contributed by atoms with Gasteiger partial charge in [-0.2, -0.15) is 0 Å². The Morgan fingerprint density at radius 3 is 2.16 bits per heavy atom. The molecule has 170 valence electrons. The molecule has 1 heterocycles. The molecule has 1 fully saturated rings. The molecule has 3 rings (SSSR count). The molecule has 1 atom stereocenters. The number of nitrogens with zero attached hydrogens (tertiary/aromatic N) is 2. The Balaban J connectivity index is 1.41. The number of piperazine rings is 1. The SMILES string of the molecule is Cc1cccc(C)c1NC(=O)CN1CCN(C(=O)C[C@H](C)NC(=O)c2ccccc2)CC1. The van der Waals surface area contributed by atoms with Gasteiger partial charge < -0.3 is 15.5 Å². The van der Waals surface area contributed by atoms with Crippen molar-refractivity contribution in [2.45, 2.75) is 33.2 Å². The number of carbonyl (C=O) groups is 3. The minimum absolute atomic E-state index is 0.0190. The Kier molecular flexibility index (Phi) is 8.00. The van der Waals surface area contributed by atoms with Crippen LogP contribution in [0.2, 0.25) is 0 Å². The van der Waals surface area contributed by atoms with Crippen LogP contribution >= 0.6 is 0 Å². The van der Waals surface area contributed by atoms with E-state index in [-0.39, 0.29) is 30.2 Å². The molecule has 2 aromatic rings. The van der Waals surface area contributed by atoms with Gasteiger partial charge in [-0.15, -0.1) is 0 Å². The third kappa shape index (κ3) is 6.40. The molecular weight excluding hydrogens is 404 g/mol. The summed E-state index contributed by atoms with van der Waals surface area (Å²) in [6.07, 6.45) is 0.256. The first-order valence-corrected chi connectivity index (χ1v) is 11.1. The maximum Gasteiger partial charge on any atom is 0.251 e. The monoisotopic (exact) mass is 436 g/mol. The summed E-state index contributed by atoms with van der Waals surface area (Å²) in [5.74, 6) is -0.199. The van der Waals surface area contributed by atoms with Crippen molar-refractivity contribution >= 4 is 23.4 Å². The number of benzene rings is 2. The number of anilines is 1. The number of para-hydroxylation sites is 1. The fourth-order valence-electron chi connectivity index (χ4n) is 3.89. The Bertz CT molecular complexity index is 933. The van der Waals surface area contributed by atoms with E-state index >= 15 is 0 Å². The third-order valence-electron chi connectivity index (χ3n) is 5.73. The van der Waals surface area contributed by atoms with Gasteiger partial charge in [0, 0.05) is 49.9 Å². The molecule has 3 amide bonds. The summed E-state index contributed by atoms with van der Waals surface area (Å²) < 4.78 is 0. The molecule has 1 aliphatic rings. The second kappa shape index (κ2) is 10.9. The van der Waals surface area contributed by atoms with Gasteiger partial charge in [-0.3, -0.25) is 19.3 Å². The van der Waals surface area contributed by atoms with Crippen LogP contribution in [0, 0.1) is 13.8 Å². The molecule has 1 aliphatic heterocycles. The zero-order valence-corrected chi connectivity index (χ0v) is 19.1. The van der Waals surface area contributed by atoms with Crippen LogP contribution in [0.25, 0.3) is 0 Å². The van der Waals surface area contributed by atoms with Gasteiger partial charge in [-0.05, 0) is 44.0 Å². The molecule has 0 saturated carbocycles. The average molecular weight is 437 g/mol. The highest BCUT2D eigenvalue weighted by molar-refractivity contribution is 5.95. The molecular formula is C25H32N4O3. The van der Waals surface area contributed by atoms with Crippen molar-refractivity contribution in [3.8, 4) is 0 Å². The molecule has 0 aromatic heterocycles. The van der Waals surface area contributed by atoms with Crippen molar-refractivity contribution in [3.63, 3.8) is 0 Å². The van der Waals surface area contributed by atoms with Crippen molar-refractivity contribution < 1.29 is 14.4 Å². The van der Waals surface area contributed by atoms with E-state index in [1.807, 2.05) is 62.1 Å². The van der Waals surface area contributed by atoms with Crippen molar-refractivity contribution in [1.29, 1.82) is 0 Å².